The number of ether oxygens (including phenoxy) is 1. The van der Waals surface area contributed by atoms with Crippen molar-refractivity contribution >= 4 is 5.84 Å². The average Bonchev–Trinajstić information content (AvgIpc) is 2.79. The summed E-state index contributed by atoms with van der Waals surface area (Å²) in [4.78, 5) is 4.34. The first kappa shape index (κ1) is 12.0. The van der Waals surface area contributed by atoms with Crippen molar-refractivity contribution < 1.29 is 4.74 Å². The van der Waals surface area contributed by atoms with Crippen molar-refractivity contribution in [2.75, 3.05) is 19.7 Å². The molecule has 3 nitrogen and oxygen atoms in total. The first-order chi connectivity index (χ1) is 8.09. The highest BCUT2D eigenvalue weighted by Crippen LogP contribution is 2.28. The molecule has 0 saturated heterocycles. The molecule has 17 heavy (non-hydrogen) atoms. The molecule has 1 N–H and O–H groups in total. The number of nitrogens with zero attached hydrogens (tertiary/aromatic N) is 1. The minimum atomic E-state index is 0.546. The fourth-order valence-corrected chi connectivity index (χ4v) is 2.08. The molecule has 1 heterocycles. The predicted molar refractivity (Wildman–Crippen MR) is 71.2 cm³/mol. The smallest absolute Gasteiger partial charge is 0.145 e. The Morgan fingerprint density at radius 2 is 1.82 bits per heavy atom. The molecular formula is C14H20N2O. The molecule has 0 radical (unpaired) electrons. The number of hydrogen-bond acceptors (Lipinski definition) is 3. The SMILES string of the molecule is Cc1cc(C)c(C)c(OCC2=NCCN2)c1C. The largest absolute Gasteiger partial charge is 0.485 e. The van der Waals surface area contributed by atoms with Gasteiger partial charge in [-0.15, -0.1) is 0 Å². The van der Waals surface area contributed by atoms with Crippen LogP contribution in [-0.4, -0.2) is 25.5 Å². The topological polar surface area (TPSA) is 33.6 Å². The van der Waals surface area contributed by atoms with Crippen molar-refractivity contribution in [3.63, 3.8) is 0 Å². The number of benzene rings is 1. The maximum absolute atomic E-state index is 5.92. The Kier molecular flexibility index (Phi) is 3.36. The molecule has 3 heteroatoms. The lowest BCUT2D eigenvalue weighted by Gasteiger charge is -2.16. The van der Waals surface area contributed by atoms with E-state index in [9.17, 15) is 0 Å². The molecule has 1 aromatic rings. The maximum Gasteiger partial charge on any atom is 0.145 e. The summed E-state index contributed by atoms with van der Waals surface area (Å²) in [7, 11) is 0. The Balaban J connectivity index is 2.19. The van der Waals surface area contributed by atoms with E-state index in [2.05, 4.69) is 44.1 Å². The summed E-state index contributed by atoms with van der Waals surface area (Å²) in [5.41, 5.74) is 5.02. The van der Waals surface area contributed by atoms with Crippen LogP contribution in [0.3, 0.4) is 0 Å². The molecule has 0 aromatic heterocycles. The molecule has 1 aromatic carbocycles. The summed E-state index contributed by atoms with van der Waals surface area (Å²) in [6, 6.07) is 2.21. The van der Waals surface area contributed by atoms with Crippen LogP contribution in [0.25, 0.3) is 0 Å². The number of aliphatic imine (C=N–C) groups is 1. The number of aryl methyl sites for hydroxylation is 2. The number of nitrogens with one attached hydrogen (secondary N) is 1. The zero-order valence-electron chi connectivity index (χ0n) is 11.1. The van der Waals surface area contributed by atoms with E-state index >= 15 is 0 Å². The lowest BCUT2D eigenvalue weighted by atomic mass is 10.0. The van der Waals surface area contributed by atoms with Crippen LogP contribution in [0.4, 0.5) is 0 Å². The van der Waals surface area contributed by atoms with Crippen molar-refractivity contribution in [3.8, 4) is 5.75 Å². The normalized spacial score (nSPS) is 14.5. The third kappa shape index (κ3) is 2.43. The summed E-state index contributed by atoms with van der Waals surface area (Å²) in [5.74, 6) is 1.97. The monoisotopic (exact) mass is 232 g/mol. The van der Waals surface area contributed by atoms with E-state index < -0.39 is 0 Å². The Labute approximate surface area is 103 Å². The average molecular weight is 232 g/mol. The van der Waals surface area contributed by atoms with Crippen LogP contribution in [0, 0.1) is 27.7 Å². The Morgan fingerprint density at radius 1 is 1.18 bits per heavy atom. The molecule has 92 valence electrons. The highest BCUT2D eigenvalue weighted by Gasteiger charge is 2.12. The van der Waals surface area contributed by atoms with Crippen LogP contribution in [-0.2, 0) is 0 Å². The number of rotatable bonds is 3. The van der Waals surface area contributed by atoms with E-state index in [0.717, 1.165) is 24.7 Å². The van der Waals surface area contributed by atoms with Gasteiger partial charge in [0.05, 0.1) is 6.54 Å². The van der Waals surface area contributed by atoms with E-state index in [4.69, 9.17) is 4.74 Å². The maximum atomic E-state index is 5.92. The summed E-state index contributed by atoms with van der Waals surface area (Å²) >= 11 is 0. The van der Waals surface area contributed by atoms with Gasteiger partial charge in [-0.3, -0.25) is 4.99 Å². The highest BCUT2D eigenvalue weighted by molar-refractivity contribution is 5.85. The third-order valence-corrected chi connectivity index (χ3v) is 3.39. The van der Waals surface area contributed by atoms with Gasteiger partial charge in [-0.05, 0) is 49.9 Å². The van der Waals surface area contributed by atoms with Crippen molar-refractivity contribution in [2.45, 2.75) is 27.7 Å². The molecule has 0 unspecified atom stereocenters. The lowest BCUT2D eigenvalue weighted by molar-refractivity contribution is 0.367. The Hall–Kier alpha value is -1.51. The number of hydrogen-bond donors (Lipinski definition) is 1. The minimum absolute atomic E-state index is 0.546. The van der Waals surface area contributed by atoms with E-state index in [-0.39, 0.29) is 0 Å². The van der Waals surface area contributed by atoms with Gasteiger partial charge in [0.15, 0.2) is 0 Å². The molecule has 0 atom stereocenters. The lowest BCUT2D eigenvalue weighted by Crippen LogP contribution is -2.25. The predicted octanol–water partition coefficient (Wildman–Crippen LogP) is 2.30. The van der Waals surface area contributed by atoms with Gasteiger partial charge in [0, 0.05) is 6.54 Å². The van der Waals surface area contributed by atoms with Crippen LogP contribution in [0.2, 0.25) is 0 Å². The summed E-state index contributed by atoms with van der Waals surface area (Å²) in [5, 5.41) is 3.22. The summed E-state index contributed by atoms with van der Waals surface area (Å²) < 4.78 is 5.92. The van der Waals surface area contributed by atoms with Gasteiger partial charge < -0.3 is 10.1 Å². The van der Waals surface area contributed by atoms with Gasteiger partial charge >= 0.3 is 0 Å². The fraction of sp³-hybridized carbons (Fsp3) is 0.500. The molecule has 0 fully saturated rings. The van der Waals surface area contributed by atoms with Gasteiger partial charge in [0.1, 0.15) is 18.2 Å². The van der Waals surface area contributed by atoms with Gasteiger partial charge in [-0.1, -0.05) is 6.07 Å². The molecule has 2 rings (SSSR count). The molecule has 0 amide bonds. The van der Waals surface area contributed by atoms with E-state index in [1.807, 2.05) is 0 Å². The van der Waals surface area contributed by atoms with E-state index in [1.54, 1.807) is 0 Å². The minimum Gasteiger partial charge on any atom is -0.485 e. The number of amidine groups is 1. The summed E-state index contributed by atoms with van der Waals surface area (Å²) in [6.45, 7) is 10.8. The van der Waals surface area contributed by atoms with Crippen LogP contribution in [0.15, 0.2) is 11.1 Å². The molecule has 1 aliphatic heterocycles. The van der Waals surface area contributed by atoms with Gasteiger partial charge in [0.2, 0.25) is 0 Å². The van der Waals surface area contributed by atoms with E-state index in [1.165, 1.54) is 22.3 Å². The first-order valence-electron chi connectivity index (χ1n) is 6.07. The van der Waals surface area contributed by atoms with Gasteiger partial charge in [-0.25, -0.2) is 0 Å². The second-order valence-electron chi connectivity index (χ2n) is 4.63. The molecule has 0 bridgehead atoms. The zero-order valence-corrected chi connectivity index (χ0v) is 11.1. The second kappa shape index (κ2) is 4.78. The van der Waals surface area contributed by atoms with Crippen LogP contribution in [0.1, 0.15) is 22.3 Å². The molecule has 1 aliphatic rings. The van der Waals surface area contributed by atoms with Crippen molar-refractivity contribution in [3.05, 3.63) is 28.3 Å². The molecule has 0 spiro atoms. The Morgan fingerprint density at radius 3 is 2.35 bits per heavy atom. The van der Waals surface area contributed by atoms with E-state index in [0.29, 0.717) is 6.61 Å². The second-order valence-corrected chi connectivity index (χ2v) is 4.63. The zero-order chi connectivity index (χ0) is 12.4. The third-order valence-electron chi connectivity index (χ3n) is 3.39. The van der Waals surface area contributed by atoms with Crippen LogP contribution >= 0.6 is 0 Å². The van der Waals surface area contributed by atoms with Crippen molar-refractivity contribution in [2.24, 2.45) is 4.99 Å². The van der Waals surface area contributed by atoms with Crippen LogP contribution in [0.5, 0.6) is 5.75 Å². The Bertz CT molecular complexity index is 438. The molecular weight excluding hydrogens is 212 g/mol. The van der Waals surface area contributed by atoms with Crippen molar-refractivity contribution in [1.29, 1.82) is 0 Å². The highest BCUT2D eigenvalue weighted by atomic mass is 16.5. The first-order valence-corrected chi connectivity index (χ1v) is 6.07. The quantitative estimate of drug-likeness (QED) is 0.867. The molecule has 0 saturated carbocycles. The van der Waals surface area contributed by atoms with Gasteiger partial charge in [0.25, 0.3) is 0 Å². The van der Waals surface area contributed by atoms with Gasteiger partial charge in [-0.2, -0.15) is 0 Å². The van der Waals surface area contributed by atoms with Crippen molar-refractivity contribution in [1.82, 2.24) is 5.32 Å². The standard InChI is InChI=1S/C14H20N2O/c1-9-7-10(2)12(4)14(11(9)3)17-8-13-15-5-6-16-13/h7H,5-6,8H2,1-4H3,(H,15,16). The fourth-order valence-electron chi connectivity index (χ4n) is 2.08. The molecule has 0 aliphatic carbocycles. The van der Waals surface area contributed by atoms with Crippen LogP contribution < -0.4 is 10.1 Å². The summed E-state index contributed by atoms with van der Waals surface area (Å²) in [6.07, 6.45) is 0.